The highest BCUT2D eigenvalue weighted by molar-refractivity contribution is 5.73. The van der Waals surface area contributed by atoms with Gasteiger partial charge in [-0.2, -0.15) is 0 Å². The highest BCUT2D eigenvalue weighted by atomic mass is 16.4. The molecule has 0 aliphatic carbocycles. The Morgan fingerprint density at radius 2 is 2.04 bits per heavy atom. The molecule has 1 unspecified atom stereocenters. The van der Waals surface area contributed by atoms with Crippen LogP contribution in [0.2, 0.25) is 0 Å². The molecule has 25 heavy (non-hydrogen) atoms. The minimum Gasteiger partial charge on any atom is -0.466 e. The molecule has 136 valence electrons. The number of carbonyl (C=O) groups excluding carboxylic acids is 1. The number of nitrogens with zero attached hydrogens (tertiary/aromatic N) is 2. The summed E-state index contributed by atoms with van der Waals surface area (Å²) in [6, 6.07) is 6.89. The van der Waals surface area contributed by atoms with E-state index in [4.69, 9.17) is 4.42 Å². The number of rotatable bonds is 8. The lowest BCUT2D eigenvalue weighted by atomic mass is 10.0. The minimum atomic E-state index is -1.26. The zero-order valence-corrected chi connectivity index (χ0v) is 15.0. The molecule has 0 aromatic carbocycles. The van der Waals surface area contributed by atoms with E-state index in [2.05, 4.69) is 34.4 Å². The molecule has 0 saturated heterocycles. The van der Waals surface area contributed by atoms with Crippen molar-refractivity contribution < 1.29 is 14.3 Å². The maximum Gasteiger partial charge on any atom is 0.315 e. The molecule has 7 nitrogen and oxygen atoms in total. The van der Waals surface area contributed by atoms with Gasteiger partial charge in [-0.05, 0) is 44.5 Å². The number of hydrogen-bond acceptors (Lipinski definition) is 5. The van der Waals surface area contributed by atoms with Crippen LogP contribution in [0.15, 0.2) is 41.1 Å². The van der Waals surface area contributed by atoms with Crippen LogP contribution in [0.3, 0.4) is 0 Å². The summed E-state index contributed by atoms with van der Waals surface area (Å²) in [4.78, 5) is 18.5. The summed E-state index contributed by atoms with van der Waals surface area (Å²) in [5.41, 5.74) is -0.350. The molecule has 0 saturated carbocycles. The van der Waals surface area contributed by atoms with Gasteiger partial charge in [0.1, 0.15) is 17.2 Å². The van der Waals surface area contributed by atoms with Gasteiger partial charge in [0.25, 0.3) is 0 Å². The molecule has 0 bridgehead atoms. The molecule has 0 aliphatic heterocycles. The fourth-order valence-corrected chi connectivity index (χ4v) is 2.43. The maximum atomic E-state index is 11.9. The maximum absolute atomic E-state index is 11.9. The summed E-state index contributed by atoms with van der Waals surface area (Å²) in [6.45, 7) is 7.97. The number of furan rings is 1. The van der Waals surface area contributed by atoms with Crippen molar-refractivity contribution in [2.24, 2.45) is 0 Å². The first-order valence-corrected chi connectivity index (χ1v) is 8.44. The van der Waals surface area contributed by atoms with E-state index in [0.29, 0.717) is 12.3 Å². The van der Waals surface area contributed by atoms with Crippen LogP contribution in [0, 0.1) is 0 Å². The van der Waals surface area contributed by atoms with Crippen LogP contribution in [0.4, 0.5) is 10.6 Å². The predicted molar refractivity (Wildman–Crippen MR) is 96.3 cm³/mol. The van der Waals surface area contributed by atoms with Gasteiger partial charge in [0, 0.05) is 25.8 Å². The molecule has 3 N–H and O–H groups in total. The fraction of sp³-hybridized carbons (Fsp3) is 0.444. The fourth-order valence-electron chi connectivity index (χ4n) is 2.43. The lowest BCUT2D eigenvalue weighted by Crippen LogP contribution is -2.43. The first-order valence-electron chi connectivity index (χ1n) is 8.44. The second-order valence-electron chi connectivity index (χ2n) is 5.98. The van der Waals surface area contributed by atoms with Crippen molar-refractivity contribution >= 4 is 11.8 Å². The molecular formula is C18H26N4O3. The molecule has 0 fully saturated rings. The second-order valence-corrected chi connectivity index (χ2v) is 5.98. The van der Waals surface area contributed by atoms with Crippen molar-refractivity contribution in [1.82, 2.24) is 15.6 Å². The third-order valence-corrected chi connectivity index (χ3v) is 3.99. The van der Waals surface area contributed by atoms with E-state index in [-0.39, 0.29) is 12.6 Å². The van der Waals surface area contributed by atoms with E-state index >= 15 is 0 Å². The summed E-state index contributed by atoms with van der Waals surface area (Å²) in [5, 5.41) is 15.7. The summed E-state index contributed by atoms with van der Waals surface area (Å²) >= 11 is 0. The Morgan fingerprint density at radius 1 is 1.28 bits per heavy atom. The Labute approximate surface area is 148 Å². The SMILES string of the molecule is CCN(CC)c1ccc(CNC(=O)NCC(C)(O)c2ccco2)cn1. The number of carbonyl (C=O) groups is 1. The van der Waals surface area contributed by atoms with E-state index in [1.165, 1.54) is 6.26 Å². The molecule has 2 heterocycles. The van der Waals surface area contributed by atoms with Gasteiger partial charge < -0.3 is 25.1 Å². The van der Waals surface area contributed by atoms with Gasteiger partial charge in [-0.3, -0.25) is 0 Å². The minimum absolute atomic E-state index is 0.0471. The molecule has 7 heteroatoms. The molecule has 1 atom stereocenters. The van der Waals surface area contributed by atoms with Crippen molar-refractivity contribution in [3.63, 3.8) is 0 Å². The average Bonchev–Trinajstić information content (AvgIpc) is 3.16. The van der Waals surface area contributed by atoms with E-state index in [1.54, 1.807) is 25.3 Å². The van der Waals surface area contributed by atoms with Gasteiger partial charge in [0.15, 0.2) is 0 Å². The number of anilines is 1. The second kappa shape index (κ2) is 8.53. The van der Waals surface area contributed by atoms with Crippen molar-refractivity contribution in [2.75, 3.05) is 24.5 Å². The Bertz CT molecular complexity index is 649. The zero-order valence-electron chi connectivity index (χ0n) is 15.0. The van der Waals surface area contributed by atoms with Crippen LogP contribution in [-0.4, -0.2) is 35.8 Å². The number of aliphatic hydroxyl groups is 1. The molecule has 0 radical (unpaired) electrons. The molecule has 2 aromatic rings. The van der Waals surface area contributed by atoms with Crippen molar-refractivity contribution in [3.05, 3.63) is 48.0 Å². The highest BCUT2D eigenvalue weighted by Crippen LogP contribution is 2.19. The van der Waals surface area contributed by atoms with Gasteiger partial charge in [0.2, 0.25) is 0 Å². The topological polar surface area (TPSA) is 90.6 Å². The normalized spacial score (nSPS) is 13.1. The smallest absolute Gasteiger partial charge is 0.315 e. The highest BCUT2D eigenvalue weighted by Gasteiger charge is 2.26. The Morgan fingerprint density at radius 3 is 2.60 bits per heavy atom. The number of pyridine rings is 1. The van der Waals surface area contributed by atoms with Crippen molar-refractivity contribution in [1.29, 1.82) is 0 Å². The van der Waals surface area contributed by atoms with Crippen LogP contribution in [-0.2, 0) is 12.1 Å². The van der Waals surface area contributed by atoms with E-state index in [0.717, 1.165) is 24.5 Å². The molecule has 2 amide bonds. The molecule has 2 aromatic heterocycles. The van der Waals surface area contributed by atoms with Crippen LogP contribution in [0.5, 0.6) is 0 Å². The first-order chi connectivity index (χ1) is 12.0. The number of amides is 2. The first kappa shape index (κ1) is 18.8. The quantitative estimate of drug-likeness (QED) is 0.682. The lowest BCUT2D eigenvalue weighted by Gasteiger charge is -2.21. The monoisotopic (exact) mass is 346 g/mol. The lowest BCUT2D eigenvalue weighted by molar-refractivity contribution is 0.0367. The van der Waals surface area contributed by atoms with E-state index < -0.39 is 5.60 Å². The predicted octanol–water partition coefficient (Wildman–Crippen LogP) is 2.23. The van der Waals surface area contributed by atoms with Crippen LogP contribution >= 0.6 is 0 Å². The molecule has 0 spiro atoms. The summed E-state index contributed by atoms with van der Waals surface area (Å²) in [7, 11) is 0. The Balaban J connectivity index is 1.80. The number of hydrogen-bond donors (Lipinski definition) is 3. The third-order valence-electron chi connectivity index (χ3n) is 3.99. The van der Waals surface area contributed by atoms with E-state index in [9.17, 15) is 9.90 Å². The number of urea groups is 1. The third kappa shape index (κ3) is 5.22. The van der Waals surface area contributed by atoms with Gasteiger partial charge >= 0.3 is 6.03 Å². The molecular weight excluding hydrogens is 320 g/mol. The summed E-state index contributed by atoms with van der Waals surface area (Å²) < 4.78 is 5.17. The van der Waals surface area contributed by atoms with Crippen LogP contribution in [0.1, 0.15) is 32.1 Å². The number of nitrogens with one attached hydrogen (secondary N) is 2. The Hall–Kier alpha value is -2.54. The largest absolute Gasteiger partial charge is 0.466 e. The van der Waals surface area contributed by atoms with Gasteiger partial charge in [0.05, 0.1) is 12.8 Å². The average molecular weight is 346 g/mol. The molecule has 2 rings (SSSR count). The molecule has 0 aliphatic rings. The van der Waals surface area contributed by atoms with Crippen LogP contribution in [0.25, 0.3) is 0 Å². The Kier molecular flexibility index (Phi) is 6.41. The van der Waals surface area contributed by atoms with Crippen molar-refractivity contribution in [2.45, 2.75) is 32.9 Å². The number of aromatic nitrogens is 1. The van der Waals surface area contributed by atoms with E-state index in [1.807, 2.05) is 12.1 Å². The zero-order chi connectivity index (χ0) is 18.3. The standard InChI is InChI=1S/C18H26N4O3/c1-4-22(5-2)16-9-8-14(11-19-16)12-20-17(23)21-13-18(3,24)15-7-6-10-25-15/h6-11,24H,4-5,12-13H2,1-3H3,(H2,20,21,23). The van der Waals surface area contributed by atoms with Gasteiger partial charge in [-0.15, -0.1) is 0 Å². The summed E-state index contributed by atoms with van der Waals surface area (Å²) in [5.74, 6) is 1.33. The van der Waals surface area contributed by atoms with Gasteiger partial charge in [-0.1, -0.05) is 6.07 Å². The summed E-state index contributed by atoms with van der Waals surface area (Å²) in [6.07, 6.45) is 3.24. The van der Waals surface area contributed by atoms with Crippen LogP contribution < -0.4 is 15.5 Å². The van der Waals surface area contributed by atoms with Gasteiger partial charge in [-0.25, -0.2) is 9.78 Å². The van der Waals surface area contributed by atoms with Crippen molar-refractivity contribution in [3.8, 4) is 0 Å².